The van der Waals surface area contributed by atoms with Crippen molar-refractivity contribution in [2.45, 2.75) is 19.8 Å². The molecule has 0 spiro atoms. The minimum absolute atomic E-state index is 0.104. The van der Waals surface area contributed by atoms with Crippen molar-refractivity contribution in [1.82, 2.24) is 0 Å². The summed E-state index contributed by atoms with van der Waals surface area (Å²) in [7, 11) is 8.46. The van der Waals surface area contributed by atoms with Gasteiger partial charge in [-0.1, -0.05) is 19.4 Å². The normalized spacial score (nSPS) is 11.2. The lowest BCUT2D eigenvalue weighted by molar-refractivity contribution is 0.102. The lowest BCUT2D eigenvalue weighted by atomic mass is 9.96. The fourth-order valence-electron chi connectivity index (χ4n) is 3.21. The van der Waals surface area contributed by atoms with Crippen molar-refractivity contribution >= 4 is 23.2 Å². The van der Waals surface area contributed by atoms with E-state index < -0.39 is 0 Å². The molecule has 0 aliphatic carbocycles. The molecular formula is C23H30N2O4. The molecule has 0 fully saturated rings. The van der Waals surface area contributed by atoms with Crippen LogP contribution in [0, 0.1) is 0 Å². The molecule has 0 aromatic heterocycles. The van der Waals surface area contributed by atoms with Crippen LogP contribution >= 0.6 is 0 Å². The fraction of sp³-hybridized carbons (Fsp3) is 0.348. The molecule has 0 amide bonds. The smallest absolute Gasteiger partial charge is 0.204 e. The Bertz CT molecular complexity index is 904. The van der Waals surface area contributed by atoms with Crippen molar-refractivity contribution in [3.63, 3.8) is 0 Å². The number of benzene rings is 2. The van der Waals surface area contributed by atoms with Gasteiger partial charge in [0, 0.05) is 19.7 Å². The summed E-state index contributed by atoms with van der Waals surface area (Å²) in [5.74, 6) is 1.17. The standard InChI is InChI=1S/C23H30N2O4/c1-7-8-16(13-15-9-11-18(24)19(14-15)25(2)3)21(26)17-10-12-20(27-4)23(29-6)22(17)28-5/h9-14H,7-8,24H2,1-6H3. The molecule has 0 aliphatic heterocycles. The number of nitrogens with two attached hydrogens (primary N) is 1. The predicted octanol–water partition coefficient (Wildman–Crippen LogP) is 4.43. The molecule has 2 rings (SSSR count). The number of ether oxygens (including phenoxy) is 3. The first-order chi connectivity index (χ1) is 13.9. The lowest BCUT2D eigenvalue weighted by Crippen LogP contribution is -2.11. The number of carbonyl (C=O) groups excluding carboxylic acids is 1. The summed E-state index contributed by atoms with van der Waals surface area (Å²) in [5.41, 5.74) is 9.70. The highest BCUT2D eigenvalue weighted by molar-refractivity contribution is 6.13. The molecule has 2 aromatic carbocycles. The maximum absolute atomic E-state index is 13.4. The van der Waals surface area contributed by atoms with E-state index in [1.54, 1.807) is 19.2 Å². The van der Waals surface area contributed by atoms with Crippen molar-refractivity contribution < 1.29 is 19.0 Å². The van der Waals surface area contributed by atoms with Crippen molar-refractivity contribution in [1.29, 1.82) is 0 Å². The summed E-state index contributed by atoms with van der Waals surface area (Å²) in [6.07, 6.45) is 3.38. The number of ketones is 1. The number of nitrogens with zero attached hydrogens (tertiary/aromatic N) is 1. The third kappa shape index (κ3) is 4.83. The summed E-state index contributed by atoms with van der Waals surface area (Å²) in [6.45, 7) is 2.04. The molecule has 0 saturated carbocycles. The van der Waals surface area contributed by atoms with Gasteiger partial charge in [0.2, 0.25) is 5.75 Å². The maximum atomic E-state index is 13.4. The number of nitrogen functional groups attached to an aromatic ring is 1. The van der Waals surface area contributed by atoms with Gasteiger partial charge in [0.05, 0.1) is 38.3 Å². The molecule has 0 atom stereocenters. The Kier molecular flexibility index (Phi) is 7.53. The number of methoxy groups -OCH3 is 3. The summed E-state index contributed by atoms with van der Waals surface area (Å²) < 4.78 is 16.2. The van der Waals surface area contributed by atoms with Crippen molar-refractivity contribution in [2.24, 2.45) is 0 Å². The number of Topliss-reactive ketones (excluding diaryl/α,β-unsaturated/α-hetero) is 1. The van der Waals surface area contributed by atoms with E-state index in [9.17, 15) is 4.79 Å². The highest BCUT2D eigenvalue weighted by Gasteiger charge is 2.22. The Balaban J connectivity index is 2.55. The van der Waals surface area contributed by atoms with Gasteiger partial charge < -0.3 is 24.8 Å². The minimum Gasteiger partial charge on any atom is -0.493 e. The van der Waals surface area contributed by atoms with Gasteiger partial charge in [-0.05, 0) is 42.3 Å². The Morgan fingerprint density at radius 1 is 1.03 bits per heavy atom. The van der Waals surface area contributed by atoms with Crippen LogP contribution in [0.25, 0.3) is 6.08 Å². The molecule has 0 heterocycles. The van der Waals surface area contributed by atoms with Gasteiger partial charge in [-0.2, -0.15) is 0 Å². The molecule has 6 nitrogen and oxygen atoms in total. The second kappa shape index (κ2) is 9.87. The zero-order valence-electron chi connectivity index (χ0n) is 18.0. The number of anilines is 2. The number of allylic oxidation sites excluding steroid dienone is 1. The number of carbonyl (C=O) groups is 1. The monoisotopic (exact) mass is 398 g/mol. The van der Waals surface area contributed by atoms with E-state index in [2.05, 4.69) is 0 Å². The van der Waals surface area contributed by atoms with Crippen molar-refractivity contribution in [3.8, 4) is 17.2 Å². The molecule has 0 unspecified atom stereocenters. The van der Waals surface area contributed by atoms with Crippen LogP contribution in [-0.2, 0) is 0 Å². The second-order valence-electron chi connectivity index (χ2n) is 6.84. The molecule has 0 radical (unpaired) electrons. The zero-order valence-corrected chi connectivity index (χ0v) is 18.0. The fourth-order valence-corrected chi connectivity index (χ4v) is 3.21. The molecular weight excluding hydrogens is 368 g/mol. The largest absolute Gasteiger partial charge is 0.493 e. The molecule has 0 aliphatic rings. The van der Waals surface area contributed by atoms with Gasteiger partial charge in [-0.3, -0.25) is 4.79 Å². The van der Waals surface area contributed by atoms with E-state index in [0.29, 0.717) is 40.5 Å². The van der Waals surface area contributed by atoms with Crippen LogP contribution in [0.4, 0.5) is 11.4 Å². The summed E-state index contributed by atoms with van der Waals surface area (Å²) >= 11 is 0. The molecule has 0 saturated heterocycles. The van der Waals surface area contributed by atoms with E-state index in [4.69, 9.17) is 19.9 Å². The Labute approximate surface area is 172 Å². The van der Waals surface area contributed by atoms with E-state index in [0.717, 1.165) is 17.7 Å². The van der Waals surface area contributed by atoms with Crippen LogP contribution in [0.3, 0.4) is 0 Å². The van der Waals surface area contributed by atoms with E-state index >= 15 is 0 Å². The predicted molar refractivity (Wildman–Crippen MR) is 118 cm³/mol. The van der Waals surface area contributed by atoms with Crippen LogP contribution in [-0.4, -0.2) is 41.2 Å². The first-order valence-electron chi connectivity index (χ1n) is 9.48. The summed E-state index contributed by atoms with van der Waals surface area (Å²) in [5, 5.41) is 0. The van der Waals surface area contributed by atoms with Gasteiger partial charge in [0.1, 0.15) is 0 Å². The van der Waals surface area contributed by atoms with E-state index in [1.165, 1.54) is 14.2 Å². The lowest BCUT2D eigenvalue weighted by Gasteiger charge is -2.17. The second-order valence-corrected chi connectivity index (χ2v) is 6.84. The van der Waals surface area contributed by atoms with Gasteiger partial charge in [-0.25, -0.2) is 0 Å². The van der Waals surface area contributed by atoms with Crippen LogP contribution in [0.1, 0.15) is 35.7 Å². The summed E-state index contributed by atoms with van der Waals surface area (Å²) in [6, 6.07) is 9.17. The third-order valence-electron chi connectivity index (χ3n) is 4.64. The van der Waals surface area contributed by atoms with Crippen molar-refractivity contribution in [3.05, 3.63) is 47.0 Å². The maximum Gasteiger partial charge on any atom is 0.204 e. The Hall–Kier alpha value is -3.15. The van der Waals surface area contributed by atoms with Gasteiger partial charge in [0.25, 0.3) is 0 Å². The molecule has 156 valence electrons. The van der Waals surface area contributed by atoms with Gasteiger partial charge >= 0.3 is 0 Å². The van der Waals surface area contributed by atoms with Crippen LogP contribution in [0.5, 0.6) is 17.2 Å². The molecule has 0 bridgehead atoms. The Morgan fingerprint density at radius 2 is 1.72 bits per heavy atom. The highest BCUT2D eigenvalue weighted by atomic mass is 16.5. The van der Waals surface area contributed by atoms with E-state index in [-0.39, 0.29) is 5.78 Å². The van der Waals surface area contributed by atoms with E-state index in [1.807, 2.05) is 50.2 Å². The van der Waals surface area contributed by atoms with Crippen molar-refractivity contribution in [2.75, 3.05) is 46.1 Å². The Morgan fingerprint density at radius 3 is 2.28 bits per heavy atom. The number of hydrogen-bond acceptors (Lipinski definition) is 6. The quantitative estimate of drug-likeness (QED) is 0.383. The average Bonchev–Trinajstić information content (AvgIpc) is 2.72. The molecule has 2 N–H and O–H groups in total. The zero-order chi connectivity index (χ0) is 21.6. The van der Waals surface area contributed by atoms with Crippen LogP contribution in [0.2, 0.25) is 0 Å². The number of rotatable bonds is 9. The first-order valence-corrected chi connectivity index (χ1v) is 9.48. The number of hydrogen-bond donors (Lipinski definition) is 1. The van der Waals surface area contributed by atoms with Gasteiger partial charge in [-0.15, -0.1) is 0 Å². The highest BCUT2D eigenvalue weighted by Crippen LogP contribution is 2.41. The molecule has 2 aromatic rings. The van der Waals surface area contributed by atoms with Crippen LogP contribution < -0.4 is 24.8 Å². The average molecular weight is 399 g/mol. The topological polar surface area (TPSA) is 74.0 Å². The third-order valence-corrected chi connectivity index (χ3v) is 4.64. The van der Waals surface area contributed by atoms with Crippen LogP contribution in [0.15, 0.2) is 35.9 Å². The minimum atomic E-state index is -0.104. The van der Waals surface area contributed by atoms with Gasteiger partial charge in [0.15, 0.2) is 17.3 Å². The first kappa shape index (κ1) is 22.1. The molecule has 6 heteroatoms. The summed E-state index contributed by atoms with van der Waals surface area (Å²) in [4.78, 5) is 15.3. The SMILES string of the molecule is CCCC(=Cc1ccc(N)c(N(C)C)c1)C(=O)c1ccc(OC)c(OC)c1OC. The molecule has 29 heavy (non-hydrogen) atoms.